The number of fused-ring (bicyclic) bond motifs is 1. The lowest BCUT2D eigenvalue weighted by atomic mass is 10.1. The quantitative estimate of drug-likeness (QED) is 0.668. The first-order valence-electron chi connectivity index (χ1n) is 5.23. The van der Waals surface area contributed by atoms with Gasteiger partial charge in [0.05, 0.1) is 5.02 Å². The van der Waals surface area contributed by atoms with Crippen molar-refractivity contribution in [1.29, 1.82) is 0 Å². The molecule has 1 aromatic carbocycles. The van der Waals surface area contributed by atoms with Crippen molar-refractivity contribution in [2.24, 2.45) is 0 Å². The van der Waals surface area contributed by atoms with Gasteiger partial charge in [-0.2, -0.15) is 0 Å². The maximum atomic E-state index is 5.97. The van der Waals surface area contributed by atoms with E-state index < -0.39 is 0 Å². The van der Waals surface area contributed by atoms with Crippen LogP contribution in [0.5, 0.6) is 0 Å². The first kappa shape index (κ1) is 10.2. The number of rotatable bonds is 1. The molecular formula is C13H10ClN3. The van der Waals surface area contributed by atoms with Gasteiger partial charge in [0.1, 0.15) is 0 Å². The van der Waals surface area contributed by atoms with Crippen molar-refractivity contribution in [3.63, 3.8) is 0 Å². The maximum absolute atomic E-state index is 5.97. The Labute approximate surface area is 103 Å². The van der Waals surface area contributed by atoms with Gasteiger partial charge in [-0.15, -0.1) is 0 Å². The predicted octanol–water partition coefficient (Wildman–Crippen LogP) is 3.07. The average Bonchev–Trinajstić information content (AvgIpc) is 2.67. The Morgan fingerprint density at radius 2 is 1.94 bits per heavy atom. The minimum atomic E-state index is 0.612. The zero-order chi connectivity index (χ0) is 11.8. The summed E-state index contributed by atoms with van der Waals surface area (Å²) in [7, 11) is 0. The molecule has 0 unspecified atom stereocenters. The largest absolute Gasteiger partial charge is 0.338 e. The van der Waals surface area contributed by atoms with E-state index in [1.165, 1.54) is 4.68 Å². The monoisotopic (exact) mass is 243 g/mol. The Morgan fingerprint density at radius 1 is 1.18 bits per heavy atom. The van der Waals surface area contributed by atoms with Gasteiger partial charge in [0.2, 0.25) is 0 Å². The molecule has 4 heteroatoms. The summed E-state index contributed by atoms with van der Waals surface area (Å²) >= 11 is 5.97. The minimum Gasteiger partial charge on any atom is -0.338 e. The number of nitrogen functional groups attached to an aromatic ring is 1. The van der Waals surface area contributed by atoms with Gasteiger partial charge in [-0.25, -0.2) is 4.98 Å². The highest BCUT2D eigenvalue weighted by Gasteiger charge is 2.10. The molecule has 0 amide bonds. The van der Waals surface area contributed by atoms with Gasteiger partial charge in [0.15, 0.2) is 5.65 Å². The standard InChI is InChI=1S/C13H10ClN3/c14-10-6-11-12(9-4-2-1-3-5-9)8-17(15)13(11)16-7-10/h1-8H,15H2. The molecule has 0 saturated carbocycles. The number of benzene rings is 1. The van der Waals surface area contributed by atoms with E-state index >= 15 is 0 Å². The second-order valence-corrected chi connectivity index (χ2v) is 4.28. The van der Waals surface area contributed by atoms with Gasteiger partial charge in [-0.1, -0.05) is 41.9 Å². The van der Waals surface area contributed by atoms with Crippen molar-refractivity contribution in [2.45, 2.75) is 0 Å². The summed E-state index contributed by atoms with van der Waals surface area (Å²) in [6, 6.07) is 11.9. The van der Waals surface area contributed by atoms with Crippen molar-refractivity contribution < 1.29 is 0 Å². The van der Waals surface area contributed by atoms with Crippen LogP contribution in [0.2, 0.25) is 5.02 Å². The third kappa shape index (κ3) is 1.65. The molecule has 0 aliphatic rings. The fourth-order valence-electron chi connectivity index (χ4n) is 1.95. The summed E-state index contributed by atoms with van der Waals surface area (Å²) in [6.07, 6.45) is 3.46. The number of hydrogen-bond acceptors (Lipinski definition) is 2. The Kier molecular flexibility index (Phi) is 2.27. The lowest BCUT2D eigenvalue weighted by Crippen LogP contribution is -2.06. The molecule has 3 rings (SSSR count). The van der Waals surface area contributed by atoms with Crippen molar-refractivity contribution in [3.05, 3.63) is 53.8 Å². The second-order valence-electron chi connectivity index (χ2n) is 3.84. The smallest absolute Gasteiger partial charge is 0.158 e. The van der Waals surface area contributed by atoms with Gasteiger partial charge in [-0.05, 0) is 11.6 Å². The highest BCUT2D eigenvalue weighted by Crippen LogP contribution is 2.29. The van der Waals surface area contributed by atoms with Crippen LogP contribution in [0.4, 0.5) is 0 Å². The molecule has 0 saturated heterocycles. The third-order valence-corrected chi connectivity index (χ3v) is 2.93. The van der Waals surface area contributed by atoms with Crippen LogP contribution in [0, 0.1) is 0 Å². The molecule has 0 spiro atoms. The predicted molar refractivity (Wildman–Crippen MR) is 70.3 cm³/mol. The highest BCUT2D eigenvalue weighted by atomic mass is 35.5. The number of nitrogens with zero attached hydrogens (tertiary/aromatic N) is 2. The molecule has 0 radical (unpaired) electrons. The molecule has 0 aliphatic heterocycles. The van der Waals surface area contributed by atoms with Gasteiger partial charge in [0, 0.05) is 23.3 Å². The summed E-state index contributed by atoms with van der Waals surface area (Å²) in [6.45, 7) is 0. The molecule has 2 N–H and O–H groups in total. The molecule has 0 fully saturated rings. The Hall–Kier alpha value is -2.00. The van der Waals surface area contributed by atoms with Crippen LogP contribution < -0.4 is 5.84 Å². The Morgan fingerprint density at radius 3 is 2.71 bits per heavy atom. The highest BCUT2D eigenvalue weighted by molar-refractivity contribution is 6.31. The summed E-state index contributed by atoms with van der Waals surface area (Å²) in [5.74, 6) is 5.88. The molecule has 3 nitrogen and oxygen atoms in total. The number of pyridine rings is 1. The summed E-state index contributed by atoms with van der Waals surface area (Å²) < 4.78 is 1.52. The molecule has 2 heterocycles. The van der Waals surface area contributed by atoms with E-state index in [-0.39, 0.29) is 0 Å². The normalized spacial score (nSPS) is 10.9. The average molecular weight is 244 g/mol. The number of hydrogen-bond donors (Lipinski definition) is 1. The lowest BCUT2D eigenvalue weighted by molar-refractivity contribution is 1.04. The number of halogens is 1. The van der Waals surface area contributed by atoms with Crippen molar-refractivity contribution in [1.82, 2.24) is 9.66 Å². The lowest BCUT2D eigenvalue weighted by Gasteiger charge is -1.98. The second kappa shape index (κ2) is 3.79. The van der Waals surface area contributed by atoms with Crippen LogP contribution >= 0.6 is 11.6 Å². The topological polar surface area (TPSA) is 43.8 Å². The van der Waals surface area contributed by atoms with Gasteiger partial charge in [-0.3, -0.25) is 4.68 Å². The van der Waals surface area contributed by atoms with E-state index in [0.29, 0.717) is 5.02 Å². The molecule has 84 valence electrons. The number of nitrogens with two attached hydrogens (primary N) is 1. The van der Waals surface area contributed by atoms with E-state index in [4.69, 9.17) is 17.4 Å². The molecule has 0 atom stereocenters. The van der Waals surface area contributed by atoms with Crippen LogP contribution in [-0.4, -0.2) is 9.66 Å². The van der Waals surface area contributed by atoms with Crippen LogP contribution in [0.25, 0.3) is 22.2 Å². The van der Waals surface area contributed by atoms with Gasteiger partial charge in [0.25, 0.3) is 0 Å². The maximum Gasteiger partial charge on any atom is 0.158 e. The Bertz CT molecular complexity index is 674. The fraction of sp³-hybridized carbons (Fsp3) is 0. The van der Waals surface area contributed by atoms with E-state index in [1.54, 1.807) is 6.20 Å². The van der Waals surface area contributed by atoms with Gasteiger partial charge >= 0.3 is 0 Å². The molecular weight excluding hydrogens is 234 g/mol. The van der Waals surface area contributed by atoms with Crippen LogP contribution in [0.1, 0.15) is 0 Å². The summed E-state index contributed by atoms with van der Waals surface area (Å²) in [5.41, 5.74) is 2.87. The minimum absolute atomic E-state index is 0.612. The first-order chi connectivity index (χ1) is 8.25. The number of aromatic nitrogens is 2. The summed E-state index contributed by atoms with van der Waals surface area (Å²) in [4.78, 5) is 4.23. The van der Waals surface area contributed by atoms with E-state index in [2.05, 4.69) is 4.98 Å². The van der Waals surface area contributed by atoms with Crippen molar-refractivity contribution in [2.75, 3.05) is 5.84 Å². The Balaban J connectivity index is 2.34. The molecule has 0 bridgehead atoms. The van der Waals surface area contributed by atoms with Crippen LogP contribution in [-0.2, 0) is 0 Å². The third-order valence-electron chi connectivity index (χ3n) is 2.72. The molecule has 0 aliphatic carbocycles. The molecule has 17 heavy (non-hydrogen) atoms. The van der Waals surface area contributed by atoms with Crippen LogP contribution in [0.3, 0.4) is 0 Å². The van der Waals surface area contributed by atoms with Crippen LogP contribution in [0.15, 0.2) is 48.8 Å². The van der Waals surface area contributed by atoms with E-state index in [0.717, 1.165) is 22.2 Å². The van der Waals surface area contributed by atoms with Crippen molar-refractivity contribution >= 4 is 22.6 Å². The molecule has 2 aromatic heterocycles. The summed E-state index contributed by atoms with van der Waals surface area (Å²) in [5, 5.41) is 1.58. The fourth-order valence-corrected chi connectivity index (χ4v) is 2.11. The molecule has 3 aromatic rings. The van der Waals surface area contributed by atoms with Crippen molar-refractivity contribution in [3.8, 4) is 11.1 Å². The zero-order valence-corrected chi connectivity index (χ0v) is 9.72. The SMILES string of the molecule is Nn1cc(-c2ccccc2)c2cc(Cl)cnc21. The zero-order valence-electron chi connectivity index (χ0n) is 8.97. The first-order valence-corrected chi connectivity index (χ1v) is 5.60. The van der Waals surface area contributed by atoms with Gasteiger partial charge < -0.3 is 5.84 Å². The van der Waals surface area contributed by atoms with E-state index in [9.17, 15) is 0 Å². The van der Waals surface area contributed by atoms with E-state index in [1.807, 2.05) is 42.6 Å².